The van der Waals surface area contributed by atoms with Crippen LogP contribution in [-0.4, -0.2) is 17.4 Å². The predicted molar refractivity (Wildman–Crippen MR) is 110 cm³/mol. The van der Waals surface area contributed by atoms with Gasteiger partial charge in [-0.1, -0.05) is 54.1 Å². The van der Waals surface area contributed by atoms with Crippen molar-refractivity contribution in [1.29, 1.82) is 0 Å². The maximum atomic E-state index is 12.3. The Morgan fingerprint density at radius 1 is 1.00 bits per heavy atom. The Labute approximate surface area is 164 Å². The van der Waals surface area contributed by atoms with Crippen molar-refractivity contribution in [2.24, 2.45) is 0 Å². The first-order chi connectivity index (χ1) is 13.2. The molecule has 0 aliphatic rings. The molecule has 0 radical (unpaired) electrons. The van der Waals surface area contributed by atoms with Crippen LogP contribution in [0.25, 0.3) is 0 Å². The molecule has 3 aromatic rings. The van der Waals surface area contributed by atoms with Gasteiger partial charge in [0.25, 0.3) is 5.91 Å². The number of carbonyl (C=O) groups is 1. The van der Waals surface area contributed by atoms with Crippen LogP contribution in [0, 0.1) is 0 Å². The van der Waals surface area contributed by atoms with Crippen molar-refractivity contribution >= 4 is 23.3 Å². The van der Waals surface area contributed by atoms with Gasteiger partial charge in [0.15, 0.2) is 0 Å². The minimum Gasteiger partial charge on any atom is -0.353 e. The smallest absolute Gasteiger partial charge is 0.253 e. The minimum atomic E-state index is -0.143. The summed E-state index contributed by atoms with van der Waals surface area (Å²) in [5, 5.41) is 3.58. The third-order valence-electron chi connectivity index (χ3n) is 4.30. The Balaban J connectivity index is 1.61. The molecule has 27 heavy (non-hydrogen) atoms. The van der Waals surface area contributed by atoms with E-state index in [0.717, 1.165) is 24.5 Å². The number of pyridine rings is 1. The van der Waals surface area contributed by atoms with Gasteiger partial charge in [-0.3, -0.25) is 4.79 Å². The predicted octanol–water partition coefficient (Wildman–Crippen LogP) is 4.69. The summed E-state index contributed by atoms with van der Waals surface area (Å²) in [6, 6.07) is 21.4. The summed E-state index contributed by atoms with van der Waals surface area (Å²) in [7, 11) is 0. The fourth-order valence-electron chi connectivity index (χ4n) is 2.75. The molecule has 2 aromatic carbocycles. The summed E-state index contributed by atoms with van der Waals surface area (Å²) < 4.78 is 0. The first-order valence-electron chi connectivity index (χ1n) is 8.93. The minimum absolute atomic E-state index is 0.143. The lowest BCUT2D eigenvalue weighted by atomic mass is 10.2. The third-order valence-corrected chi connectivity index (χ3v) is 4.55. The van der Waals surface area contributed by atoms with Crippen molar-refractivity contribution in [3.05, 3.63) is 94.6 Å². The second-order valence-corrected chi connectivity index (χ2v) is 6.65. The van der Waals surface area contributed by atoms with E-state index in [-0.39, 0.29) is 5.91 Å². The van der Waals surface area contributed by atoms with E-state index >= 15 is 0 Å². The van der Waals surface area contributed by atoms with Crippen molar-refractivity contribution in [2.75, 3.05) is 11.4 Å². The topological polar surface area (TPSA) is 45.2 Å². The summed E-state index contributed by atoms with van der Waals surface area (Å²) in [6.07, 6.45) is 1.63. The lowest BCUT2D eigenvalue weighted by Gasteiger charge is -2.22. The zero-order chi connectivity index (χ0) is 19.1. The molecule has 1 heterocycles. The van der Waals surface area contributed by atoms with Gasteiger partial charge in [0.05, 0.1) is 5.56 Å². The van der Waals surface area contributed by atoms with Crippen LogP contribution in [0.1, 0.15) is 28.4 Å². The Bertz CT molecular complexity index is 864. The fraction of sp³-hybridized carbons (Fsp3) is 0.182. The molecule has 0 aliphatic carbocycles. The normalized spacial score (nSPS) is 10.4. The molecule has 1 aromatic heterocycles. The Morgan fingerprint density at radius 3 is 2.37 bits per heavy atom. The molecule has 0 fully saturated rings. The van der Waals surface area contributed by atoms with E-state index in [1.807, 2.05) is 54.6 Å². The van der Waals surface area contributed by atoms with Gasteiger partial charge in [0, 0.05) is 30.9 Å². The van der Waals surface area contributed by atoms with Gasteiger partial charge in [0.2, 0.25) is 0 Å². The quantitative estimate of drug-likeness (QED) is 0.647. The summed E-state index contributed by atoms with van der Waals surface area (Å²) >= 11 is 5.87. The van der Waals surface area contributed by atoms with E-state index in [0.29, 0.717) is 17.1 Å². The van der Waals surface area contributed by atoms with E-state index in [4.69, 9.17) is 11.6 Å². The van der Waals surface area contributed by atoms with E-state index in [9.17, 15) is 4.79 Å². The van der Waals surface area contributed by atoms with Gasteiger partial charge < -0.3 is 10.2 Å². The lowest BCUT2D eigenvalue weighted by molar-refractivity contribution is 0.0950. The van der Waals surface area contributed by atoms with Crippen LogP contribution >= 0.6 is 11.6 Å². The van der Waals surface area contributed by atoms with Crippen LogP contribution in [-0.2, 0) is 13.1 Å². The second-order valence-electron chi connectivity index (χ2n) is 6.21. The number of carbonyl (C=O) groups excluding carboxylic acids is 1. The van der Waals surface area contributed by atoms with Crippen molar-refractivity contribution in [3.63, 3.8) is 0 Å². The standard InChI is InChI=1S/C22H22ClN3O/c1-2-26(16-18-6-4-3-5-7-18)21-13-10-19(15-24-21)22(27)25-14-17-8-11-20(23)12-9-17/h3-13,15H,2,14,16H2,1H3,(H,25,27). The number of nitrogens with zero attached hydrogens (tertiary/aromatic N) is 2. The molecule has 3 rings (SSSR count). The highest BCUT2D eigenvalue weighted by atomic mass is 35.5. The van der Waals surface area contributed by atoms with Gasteiger partial charge in [0.1, 0.15) is 5.82 Å². The summed E-state index contributed by atoms with van der Waals surface area (Å²) in [4.78, 5) is 19.0. The highest BCUT2D eigenvalue weighted by Gasteiger charge is 2.10. The Hall–Kier alpha value is -2.85. The molecular weight excluding hydrogens is 358 g/mol. The maximum absolute atomic E-state index is 12.3. The molecule has 0 bridgehead atoms. The zero-order valence-corrected chi connectivity index (χ0v) is 16.0. The highest BCUT2D eigenvalue weighted by molar-refractivity contribution is 6.30. The summed E-state index contributed by atoms with van der Waals surface area (Å²) in [5.74, 6) is 0.714. The number of aromatic nitrogens is 1. The van der Waals surface area contributed by atoms with Gasteiger partial charge in [-0.25, -0.2) is 4.98 Å². The molecule has 0 spiro atoms. The Kier molecular flexibility index (Phi) is 6.44. The molecular formula is C22H22ClN3O. The molecule has 1 amide bonds. The third kappa shape index (κ3) is 5.31. The largest absolute Gasteiger partial charge is 0.353 e. The zero-order valence-electron chi connectivity index (χ0n) is 15.2. The molecule has 138 valence electrons. The number of halogens is 1. The molecule has 5 heteroatoms. The van der Waals surface area contributed by atoms with Gasteiger partial charge >= 0.3 is 0 Å². The second kappa shape index (κ2) is 9.19. The van der Waals surface area contributed by atoms with Crippen molar-refractivity contribution < 1.29 is 4.79 Å². The SMILES string of the molecule is CCN(Cc1ccccc1)c1ccc(C(=O)NCc2ccc(Cl)cc2)cn1. The number of anilines is 1. The average molecular weight is 380 g/mol. The van der Waals surface area contributed by atoms with Crippen molar-refractivity contribution in [2.45, 2.75) is 20.0 Å². The molecule has 0 aliphatic heterocycles. The van der Waals surface area contributed by atoms with Crippen LogP contribution in [0.5, 0.6) is 0 Å². The summed E-state index contributed by atoms with van der Waals surface area (Å²) in [6.45, 7) is 4.17. The number of benzene rings is 2. The van der Waals surface area contributed by atoms with Crippen LogP contribution < -0.4 is 10.2 Å². The first kappa shape index (κ1) is 18.9. The fourth-order valence-corrected chi connectivity index (χ4v) is 2.88. The van der Waals surface area contributed by atoms with E-state index in [2.05, 4.69) is 34.3 Å². The number of rotatable bonds is 7. The van der Waals surface area contributed by atoms with Gasteiger partial charge in [-0.2, -0.15) is 0 Å². The molecule has 0 saturated carbocycles. The van der Waals surface area contributed by atoms with Crippen molar-refractivity contribution in [1.82, 2.24) is 10.3 Å². The lowest BCUT2D eigenvalue weighted by Crippen LogP contribution is -2.25. The number of nitrogens with one attached hydrogen (secondary N) is 1. The molecule has 1 N–H and O–H groups in total. The Morgan fingerprint density at radius 2 is 1.74 bits per heavy atom. The first-order valence-corrected chi connectivity index (χ1v) is 9.31. The van der Waals surface area contributed by atoms with Crippen LogP contribution in [0.15, 0.2) is 72.9 Å². The van der Waals surface area contributed by atoms with E-state index in [1.165, 1.54) is 5.56 Å². The van der Waals surface area contributed by atoms with Crippen LogP contribution in [0.3, 0.4) is 0 Å². The molecule has 0 atom stereocenters. The van der Waals surface area contributed by atoms with Crippen molar-refractivity contribution in [3.8, 4) is 0 Å². The molecule has 4 nitrogen and oxygen atoms in total. The number of hydrogen-bond acceptors (Lipinski definition) is 3. The van der Waals surface area contributed by atoms with Crippen LogP contribution in [0.2, 0.25) is 5.02 Å². The average Bonchev–Trinajstić information content (AvgIpc) is 2.72. The van der Waals surface area contributed by atoms with Gasteiger partial charge in [-0.15, -0.1) is 0 Å². The number of hydrogen-bond donors (Lipinski definition) is 1. The monoisotopic (exact) mass is 379 g/mol. The highest BCUT2D eigenvalue weighted by Crippen LogP contribution is 2.15. The van der Waals surface area contributed by atoms with E-state index in [1.54, 1.807) is 6.20 Å². The maximum Gasteiger partial charge on any atom is 0.253 e. The summed E-state index contributed by atoms with van der Waals surface area (Å²) in [5.41, 5.74) is 2.77. The molecule has 0 saturated heterocycles. The number of amides is 1. The van der Waals surface area contributed by atoms with Gasteiger partial charge in [-0.05, 0) is 42.3 Å². The molecule has 0 unspecified atom stereocenters. The van der Waals surface area contributed by atoms with E-state index < -0.39 is 0 Å². The van der Waals surface area contributed by atoms with Crippen LogP contribution in [0.4, 0.5) is 5.82 Å².